The van der Waals surface area contributed by atoms with Gasteiger partial charge in [-0.05, 0) is 12.1 Å². The molecule has 2 aromatic rings. The number of amides is 1. The quantitative estimate of drug-likeness (QED) is 0.905. The molecule has 0 saturated heterocycles. The number of anilines is 1. The van der Waals surface area contributed by atoms with Crippen LogP contribution in [-0.2, 0) is 16.3 Å². The van der Waals surface area contributed by atoms with Gasteiger partial charge in [-0.15, -0.1) is 23.1 Å². The van der Waals surface area contributed by atoms with Crippen molar-refractivity contribution >= 4 is 34.1 Å². The van der Waals surface area contributed by atoms with Crippen LogP contribution in [-0.4, -0.2) is 10.9 Å². The molecule has 2 heterocycles. The molecule has 4 nitrogen and oxygen atoms in total. The maximum Gasteiger partial charge on any atom is 0.223 e. The Kier molecular flexibility index (Phi) is 4.22. The van der Waals surface area contributed by atoms with Crippen molar-refractivity contribution in [2.24, 2.45) is 0 Å². The fraction of sp³-hybridized carbons (Fsp3) is 0.273. The first-order valence-corrected chi connectivity index (χ1v) is 7.09. The maximum atomic E-state index is 10.8. The van der Waals surface area contributed by atoms with Gasteiger partial charge in [0.05, 0.1) is 17.7 Å². The van der Waals surface area contributed by atoms with E-state index in [2.05, 4.69) is 10.3 Å². The molecule has 6 heteroatoms. The number of thioether (sulfide) groups is 1. The second kappa shape index (κ2) is 5.88. The number of nitrogens with one attached hydrogen (secondary N) is 1. The molecule has 0 saturated carbocycles. The molecule has 0 spiro atoms. The van der Waals surface area contributed by atoms with Gasteiger partial charge in [-0.2, -0.15) is 0 Å². The van der Waals surface area contributed by atoms with Gasteiger partial charge in [0.1, 0.15) is 5.76 Å². The monoisotopic (exact) mass is 268 g/mol. The van der Waals surface area contributed by atoms with Crippen LogP contribution in [0.5, 0.6) is 0 Å². The molecule has 17 heavy (non-hydrogen) atoms. The Morgan fingerprint density at radius 3 is 3.18 bits per heavy atom. The molecule has 0 aliphatic carbocycles. The van der Waals surface area contributed by atoms with E-state index in [9.17, 15) is 4.79 Å². The molecule has 2 rings (SSSR count). The van der Waals surface area contributed by atoms with E-state index in [0.29, 0.717) is 5.13 Å². The summed E-state index contributed by atoms with van der Waals surface area (Å²) in [6.07, 6.45) is 1.67. The van der Waals surface area contributed by atoms with Crippen molar-refractivity contribution in [3.63, 3.8) is 0 Å². The molecule has 0 atom stereocenters. The Balaban J connectivity index is 1.79. The van der Waals surface area contributed by atoms with Crippen molar-refractivity contribution < 1.29 is 9.21 Å². The highest BCUT2D eigenvalue weighted by Gasteiger charge is 2.04. The molecule has 0 radical (unpaired) electrons. The lowest BCUT2D eigenvalue weighted by Crippen LogP contribution is -2.05. The van der Waals surface area contributed by atoms with Crippen LogP contribution in [0.15, 0.2) is 28.2 Å². The van der Waals surface area contributed by atoms with Gasteiger partial charge in [0.2, 0.25) is 5.91 Å². The fourth-order valence-electron chi connectivity index (χ4n) is 1.23. The van der Waals surface area contributed by atoms with Gasteiger partial charge in [0.25, 0.3) is 0 Å². The van der Waals surface area contributed by atoms with E-state index in [4.69, 9.17) is 4.42 Å². The minimum Gasteiger partial charge on any atom is -0.468 e. The van der Waals surface area contributed by atoms with Crippen LogP contribution in [0.2, 0.25) is 0 Å². The lowest BCUT2D eigenvalue weighted by Gasteiger charge is -1.96. The summed E-state index contributed by atoms with van der Waals surface area (Å²) >= 11 is 3.18. The predicted octanol–water partition coefficient (Wildman–Crippen LogP) is 3.13. The molecule has 0 unspecified atom stereocenters. The number of aromatic nitrogens is 1. The van der Waals surface area contributed by atoms with Crippen molar-refractivity contribution in [2.45, 2.75) is 18.4 Å². The zero-order chi connectivity index (χ0) is 12.1. The van der Waals surface area contributed by atoms with Crippen molar-refractivity contribution in [3.8, 4) is 0 Å². The Hall–Kier alpha value is -1.27. The molecule has 90 valence electrons. The van der Waals surface area contributed by atoms with E-state index in [1.165, 1.54) is 18.3 Å². The SMILES string of the molecule is CC(=O)Nc1nc(CSCc2ccco2)cs1. The zero-order valence-corrected chi connectivity index (χ0v) is 10.9. The highest BCUT2D eigenvalue weighted by Crippen LogP contribution is 2.21. The lowest BCUT2D eigenvalue weighted by molar-refractivity contribution is -0.114. The van der Waals surface area contributed by atoms with Gasteiger partial charge in [-0.1, -0.05) is 0 Å². The highest BCUT2D eigenvalue weighted by atomic mass is 32.2. The average molecular weight is 268 g/mol. The molecule has 0 bridgehead atoms. The standard InChI is InChI=1S/C11H12N2O2S2/c1-8(14)12-11-13-9(6-17-11)5-16-7-10-3-2-4-15-10/h2-4,6H,5,7H2,1H3,(H,12,13,14). The van der Waals surface area contributed by atoms with Crippen LogP contribution in [0.3, 0.4) is 0 Å². The molecule has 1 amide bonds. The largest absolute Gasteiger partial charge is 0.468 e. The lowest BCUT2D eigenvalue weighted by atomic mass is 10.5. The van der Waals surface area contributed by atoms with Gasteiger partial charge < -0.3 is 9.73 Å². The predicted molar refractivity (Wildman–Crippen MR) is 70.1 cm³/mol. The number of hydrogen-bond acceptors (Lipinski definition) is 5. The van der Waals surface area contributed by atoms with E-state index in [-0.39, 0.29) is 5.91 Å². The second-order valence-corrected chi connectivity index (χ2v) is 5.24. The third-order valence-corrected chi connectivity index (χ3v) is 3.70. The molecule has 1 N–H and O–H groups in total. The van der Waals surface area contributed by atoms with Gasteiger partial charge in [-0.3, -0.25) is 4.79 Å². The smallest absolute Gasteiger partial charge is 0.223 e. The second-order valence-electron chi connectivity index (χ2n) is 3.40. The Labute approximate surface area is 107 Å². The van der Waals surface area contributed by atoms with E-state index >= 15 is 0 Å². The van der Waals surface area contributed by atoms with E-state index in [1.807, 2.05) is 17.5 Å². The Morgan fingerprint density at radius 1 is 1.59 bits per heavy atom. The van der Waals surface area contributed by atoms with E-state index in [1.54, 1.807) is 18.0 Å². The summed E-state index contributed by atoms with van der Waals surface area (Å²) in [5.41, 5.74) is 0.982. The molecule has 2 aromatic heterocycles. The van der Waals surface area contributed by atoms with Crippen LogP contribution < -0.4 is 5.32 Å². The van der Waals surface area contributed by atoms with Crippen molar-refractivity contribution in [1.82, 2.24) is 4.98 Å². The number of thiazole rings is 1. The first-order chi connectivity index (χ1) is 8.24. The fourth-order valence-corrected chi connectivity index (χ4v) is 2.92. The molecule has 0 aliphatic rings. The molecule has 0 fully saturated rings. The average Bonchev–Trinajstić information content (AvgIpc) is 2.89. The van der Waals surface area contributed by atoms with Gasteiger partial charge in [0.15, 0.2) is 5.13 Å². The number of carbonyl (C=O) groups excluding carboxylic acids is 1. The normalized spacial score (nSPS) is 10.4. The minimum absolute atomic E-state index is 0.0888. The Morgan fingerprint density at radius 2 is 2.47 bits per heavy atom. The van der Waals surface area contributed by atoms with Crippen LogP contribution >= 0.6 is 23.1 Å². The summed E-state index contributed by atoms with van der Waals surface area (Å²) < 4.78 is 5.23. The summed E-state index contributed by atoms with van der Waals surface area (Å²) in [6.45, 7) is 1.48. The van der Waals surface area contributed by atoms with Crippen LogP contribution in [0.25, 0.3) is 0 Å². The summed E-state index contributed by atoms with van der Waals surface area (Å²) in [6, 6.07) is 3.84. The van der Waals surface area contributed by atoms with Gasteiger partial charge in [-0.25, -0.2) is 4.98 Å². The maximum absolute atomic E-state index is 10.8. The zero-order valence-electron chi connectivity index (χ0n) is 9.30. The summed E-state index contributed by atoms with van der Waals surface area (Å²) in [5, 5.41) is 5.29. The highest BCUT2D eigenvalue weighted by molar-refractivity contribution is 7.97. The molecule has 0 aromatic carbocycles. The number of rotatable bonds is 5. The minimum atomic E-state index is -0.0888. The van der Waals surface area contributed by atoms with Crippen LogP contribution in [0.1, 0.15) is 18.4 Å². The number of hydrogen-bond donors (Lipinski definition) is 1. The Bertz CT molecular complexity index is 479. The number of nitrogens with zero attached hydrogens (tertiary/aromatic N) is 1. The molecular weight excluding hydrogens is 256 g/mol. The van der Waals surface area contributed by atoms with E-state index in [0.717, 1.165) is 23.0 Å². The van der Waals surface area contributed by atoms with Gasteiger partial charge in [0, 0.05) is 18.1 Å². The van der Waals surface area contributed by atoms with Gasteiger partial charge >= 0.3 is 0 Å². The van der Waals surface area contributed by atoms with E-state index < -0.39 is 0 Å². The summed E-state index contributed by atoms with van der Waals surface area (Å²) in [7, 11) is 0. The topological polar surface area (TPSA) is 55.1 Å². The first-order valence-electron chi connectivity index (χ1n) is 5.06. The number of furan rings is 1. The van der Waals surface area contributed by atoms with Crippen LogP contribution in [0.4, 0.5) is 5.13 Å². The summed E-state index contributed by atoms with van der Waals surface area (Å²) in [5.74, 6) is 2.53. The van der Waals surface area contributed by atoms with Crippen molar-refractivity contribution in [2.75, 3.05) is 5.32 Å². The summed E-state index contributed by atoms with van der Waals surface area (Å²) in [4.78, 5) is 15.1. The third kappa shape index (κ3) is 3.90. The van der Waals surface area contributed by atoms with Crippen molar-refractivity contribution in [1.29, 1.82) is 0 Å². The number of carbonyl (C=O) groups is 1. The third-order valence-electron chi connectivity index (χ3n) is 1.91. The van der Waals surface area contributed by atoms with Crippen molar-refractivity contribution in [3.05, 3.63) is 35.2 Å². The molecular formula is C11H12N2O2S2. The molecule has 0 aliphatic heterocycles. The van der Waals surface area contributed by atoms with Crippen LogP contribution in [0, 0.1) is 0 Å². The first kappa shape index (κ1) is 12.2.